The largest absolute Gasteiger partial charge is 0.482 e. The summed E-state index contributed by atoms with van der Waals surface area (Å²) in [4.78, 5) is 33.9. The topological polar surface area (TPSA) is 106 Å². The molecule has 1 rings (SSSR count). The van der Waals surface area contributed by atoms with E-state index in [-0.39, 0.29) is 12.5 Å². The van der Waals surface area contributed by atoms with Gasteiger partial charge in [-0.2, -0.15) is 5.10 Å². The molecule has 130 valence electrons. The van der Waals surface area contributed by atoms with Crippen LogP contribution in [-0.2, 0) is 19.1 Å². The first kappa shape index (κ1) is 19.1. The van der Waals surface area contributed by atoms with Gasteiger partial charge in [0, 0.05) is 6.54 Å². The zero-order chi connectivity index (χ0) is 17.9. The number of carbonyl (C=O) groups excluding carboxylic acids is 3. The molecule has 0 aliphatic carbocycles. The lowest BCUT2D eigenvalue weighted by molar-refractivity contribution is -0.142. The van der Waals surface area contributed by atoms with Crippen LogP contribution >= 0.6 is 0 Å². The molecule has 1 aromatic rings. The van der Waals surface area contributed by atoms with Crippen molar-refractivity contribution < 1.29 is 23.9 Å². The molecule has 1 aromatic carbocycles. The second kappa shape index (κ2) is 9.98. The Hall–Kier alpha value is -2.90. The van der Waals surface area contributed by atoms with E-state index in [1.54, 1.807) is 24.3 Å². The van der Waals surface area contributed by atoms with Crippen molar-refractivity contribution in [1.82, 2.24) is 10.7 Å². The van der Waals surface area contributed by atoms with Crippen LogP contribution in [-0.4, -0.2) is 44.3 Å². The lowest BCUT2D eigenvalue weighted by Gasteiger charge is -2.06. The Labute approximate surface area is 140 Å². The third kappa shape index (κ3) is 7.39. The minimum absolute atomic E-state index is 0.175. The number of hydrazone groups is 1. The highest BCUT2D eigenvalue weighted by Crippen LogP contribution is 2.10. The number of amides is 2. The Bertz CT molecular complexity index is 596. The molecule has 0 aliphatic heterocycles. The van der Waals surface area contributed by atoms with E-state index >= 15 is 0 Å². The van der Waals surface area contributed by atoms with E-state index in [2.05, 4.69) is 20.6 Å². The summed E-state index contributed by atoms with van der Waals surface area (Å²) in [5.74, 6) is -1.28. The summed E-state index contributed by atoms with van der Waals surface area (Å²) in [7, 11) is 1.28. The second-order valence-electron chi connectivity index (χ2n) is 5.24. The molecule has 0 radical (unpaired) electrons. The Kier molecular flexibility index (Phi) is 7.97. The molecule has 0 bridgehead atoms. The number of esters is 1. The predicted octanol–water partition coefficient (Wildman–Crippen LogP) is 0.461. The van der Waals surface area contributed by atoms with Gasteiger partial charge in [-0.15, -0.1) is 0 Å². The quantitative estimate of drug-likeness (QED) is 0.326. The van der Waals surface area contributed by atoms with Gasteiger partial charge in [0.15, 0.2) is 6.61 Å². The molecule has 0 spiro atoms. The van der Waals surface area contributed by atoms with Crippen molar-refractivity contribution in [3.8, 4) is 5.75 Å². The molecular formula is C16H21N3O5. The molecule has 8 nitrogen and oxygen atoms in total. The number of hydrogen-bond acceptors (Lipinski definition) is 6. The molecule has 8 heteroatoms. The van der Waals surface area contributed by atoms with Crippen LogP contribution in [0.5, 0.6) is 5.75 Å². The zero-order valence-corrected chi connectivity index (χ0v) is 13.9. The molecule has 0 saturated carbocycles. The number of carbonyl (C=O) groups is 3. The normalized spacial score (nSPS) is 10.5. The van der Waals surface area contributed by atoms with Crippen molar-refractivity contribution in [3.63, 3.8) is 0 Å². The molecule has 2 N–H and O–H groups in total. The molecule has 0 unspecified atom stereocenters. The van der Waals surface area contributed by atoms with Gasteiger partial charge in [-0.3, -0.25) is 9.59 Å². The fraction of sp³-hybridized carbons (Fsp3) is 0.375. The van der Waals surface area contributed by atoms with Crippen LogP contribution in [0.2, 0.25) is 0 Å². The first-order valence-electron chi connectivity index (χ1n) is 7.33. The Morgan fingerprint density at radius 3 is 2.42 bits per heavy atom. The maximum absolute atomic E-state index is 11.5. The second-order valence-corrected chi connectivity index (χ2v) is 5.24. The van der Waals surface area contributed by atoms with Crippen LogP contribution in [0.3, 0.4) is 0 Å². The van der Waals surface area contributed by atoms with Crippen molar-refractivity contribution in [2.45, 2.75) is 13.8 Å². The van der Waals surface area contributed by atoms with Gasteiger partial charge in [0.25, 0.3) is 0 Å². The Morgan fingerprint density at radius 2 is 1.83 bits per heavy atom. The number of benzene rings is 1. The lowest BCUT2D eigenvalue weighted by Crippen LogP contribution is -2.39. The van der Waals surface area contributed by atoms with Crippen LogP contribution in [0.4, 0.5) is 0 Å². The lowest BCUT2D eigenvalue weighted by atomic mass is 10.2. The van der Waals surface area contributed by atoms with E-state index in [1.807, 2.05) is 13.8 Å². The highest BCUT2D eigenvalue weighted by molar-refractivity contribution is 6.35. The minimum Gasteiger partial charge on any atom is -0.482 e. The van der Waals surface area contributed by atoms with E-state index in [1.165, 1.54) is 13.3 Å². The summed E-state index contributed by atoms with van der Waals surface area (Å²) in [5.41, 5.74) is 2.83. The first-order valence-corrected chi connectivity index (χ1v) is 7.33. The average Bonchev–Trinajstić information content (AvgIpc) is 2.58. The van der Waals surface area contributed by atoms with E-state index in [0.29, 0.717) is 17.9 Å². The van der Waals surface area contributed by atoms with Gasteiger partial charge in [-0.25, -0.2) is 10.2 Å². The highest BCUT2D eigenvalue weighted by atomic mass is 16.6. The van der Waals surface area contributed by atoms with Crippen LogP contribution in [0, 0.1) is 5.92 Å². The van der Waals surface area contributed by atoms with E-state index in [0.717, 1.165) is 0 Å². The van der Waals surface area contributed by atoms with Crippen molar-refractivity contribution >= 4 is 24.0 Å². The highest BCUT2D eigenvalue weighted by Gasteiger charge is 2.12. The fourth-order valence-corrected chi connectivity index (χ4v) is 1.44. The van der Waals surface area contributed by atoms with E-state index in [4.69, 9.17) is 4.74 Å². The van der Waals surface area contributed by atoms with Gasteiger partial charge in [-0.1, -0.05) is 13.8 Å². The maximum Gasteiger partial charge on any atom is 0.343 e. The SMILES string of the molecule is COC(=O)COc1ccc(/C=N\NC(=O)C(=O)NCC(C)C)cc1. The van der Waals surface area contributed by atoms with E-state index < -0.39 is 17.8 Å². The Morgan fingerprint density at radius 1 is 1.17 bits per heavy atom. The smallest absolute Gasteiger partial charge is 0.343 e. The van der Waals surface area contributed by atoms with Gasteiger partial charge in [-0.05, 0) is 35.7 Å². The summed E-state index contributed by atoms with van der Waals surface area (Å²) in [6.07, 6.45) is 1.39. The van der Waals surface area contributed by atoms with E-state index in [9.17, 15) is 14.4 Å². The van der Waals surface area contributed by atoms with Crippen molar-refractivity contribution in [1.29, 1.82) is 0 Å². The summed E-state index contributed by atoms with van der Waals surface area (Å²) in [6, 6.07) is 6.64. The molecule has 0 fully saturated rings. The van der Waals surface area contributed by atoms with Crippen molar-refractivity contribution in [3.05, 3.63) is 29.8 Å². The monoisotopic (exact) mass is 335 g/mol. The van der Waals surface area contributed by atoms with Crippen molar-refractivity contribution in [2.75, 3.05) is 20.3 Å². The molecule has 2 amide bonds. The molecule has 0 atom stereocenters. The number of nitrogens with one attached hydrogen (secondary N) is 2. The molecule has 0 aliphatic rings. The predicted molar refractivity (Wildman–Crippen MR) is 87.5 cm³/mol. The van der Waals surface area contributed by atoms with Gasteiger partial charge < -0.3 is 14.8 Å². The van der Waals surface area contributed by atoms with Gasteiger partial charge in [0.1, 0.15) is 5.75 Å². The molecule has 24 heavy (non-hydrogen) atoms. The number of nitrogens with zero attached hydrogens (tertiary/aromatic N) is 1. The summed E-state index contributed by atoms with van der Waals surface area (Å²) in [5, 5.41) is 6.19. The third-order valence-corrected chi connectivity index (χ3v) is 2.72. The molecule has 0 aromatic heterocycles. The summed E-state index contributed by atoms with van der Waals surface area (Å²) < 4.78 is 9.66. The molecule has 0 heterocycles. The first-order chi connectivity index (χ1) is 11.4. The number of ether oxygens (including phenoxy) is 2. The maximum atomic E-state index is 11.5. The fourth-order valence-electron chi connectivity index (χ4n) is 1.44. The van der Waals surface area contributed by atoms with Gasteiger partial charge >= 0.3 is 17.8 Å². The molecule has 0 saturated heterocycles. The Balaban J connectivity index is 2.43. The number of methoxy groups -OCH3 is 1. The van der Waals surface area contributed by atoms with Gasteiger partial charge in [0.05, 0.1) is 13.3 Å². The molecular weight excluding hydrogens is 314 g/mol. The summed E-state index contributed by atoms with van der Waals surface area (Å²) in [6.45, 7) is 4.10. The van der Waals surface area contributed by atoms with Crippen LogP contribution < -0.4 is 15.5 Å². The van der Waals surface area contributed by atoms with Crippen LogP contribution in [0.15, 0.2) is 29.4 Å². The van der Waals surface area contributed by atoms with Crippen LogP contribution in [0.1, 0.15) is 19.4 Å². The van der Waals surface area contributed by atoms with Crippen molar-refractivity contribution in [2.24, 2.45) is 11.0 Å². The number of rotatable bonds is 7. The third-order valence-electron chi connectivity index (χ3n) is 2.72. The van der Waals surface area contributed by atoms with Gasteiger partial charge in [0.2, 0.25) is 0 Å². The standard InChI is InChI=1S/C16H21N3O5/c1-11(2)8-17-15(21)16(22)19-18-9-12-4-6-13(7-5-12)24-10-14(20)23-3/h4-7,9,11H,8,10H2,1-3H3,(H,17,21)(H,19,22)/b18-9-. The zero-order valence-electron chi connectivity index (χ0n) is 13.9. The number of hydrogen-bond donors (Lipinski definition) is 2. The van der Waals surface area contributed by atoms with Crippen LogP contribution in [0.25, 0.3) is 0 Å². The summed E-state index contributed by atoms with van der Waals surface area (Å²) >= 11 is 0. The minimum atomic E-state index is -0.829. The average molecular weight is 335 g/mol.